The third-order valence-electron chi connectivity index (χ3n) is 6.25. The first kappa shape index (κ1) is 30.5. The molecule has 39 heavy (non-hydrogen) atoms. The summed E-state index contributed by atoms with van der Waals surface area (Å²) in [6, 6.07) is 16.7. The molecule has 3 rings (SSSR count). The van der Waals surface area contributed by atoms with Crippen LogP contribution in [-0.4, -0.2) is 43.9 Å². The molecule has 0 bridgehead atoms. The van der Waals surface area contributed by atoms with Crippen molar-refractivity contribution < 1.29 is 17.4 Å². The zero-order valence-electron chi connectivity index (χ0n) is 23.6. The number of hydrogen-bond acceptors (Lipinski definition) is 5. The van der Waals surface area contributed by atoms with Crippen molar-refractivity contribution >= 4 is 31.5 Å². The van der Waals surface area contributed by atoms with Gasteiger partial charge in [-0.25, -0.2) is 22.6 Å². The van der Waals surface area contributed by atoms with E-state index in [2.05, 4.69) is 9.68 Å². The molecule has 3 aromatic carbocycles. The van der Waals surface area contributed by atoms with E-state index in [9.17, 15) is 17.4 Å². The van der Waals surface area contributed by atoms with Gasteiger partial charge in [0, 0.05) is 24.1 Å². The number of rotatable bonds is 8. The lowest BCUT2D eigenvalue weighted by atomic mass is 9.88. The fourth-order valence-corrected chi connectivity index (χ4v) is 6.22. The van der Waals surface area contributed by atoms with Crippen molar-refractivity contribution in [1.82, 2.24) is 4.90 Å². The maximum absolute atomic E-state index is 13.2. The molecule has 210 valence electrons. The average Bonchev–Trinajstić information content (AvgIpc) is 2.82. The molecule has 10 heteroatoms. The van der Waals surface area contributed by atoms with Gasteiger partial charge in [0.05, 0.1) is 9.79 Å². The van der Waals surface area contributed by atoms with Crippen LogP contribution < -0.4 is 10.5 Å². The molecule has 0 radical (unpaired) electrons. The largest absolute Gasteiger partial charge is 0.354 e. The molecule has 3 aromatic rings. The summed E-state index contributed by atoms with van der Waals surface area (Å²) >= 11 is 0. The van der Waals surface area contributed by atoms with E-state index in [4.69, 9.17) is 5.14 Å². The van der Waals surface area contributed by atoms with E-state index in [1.165, 1.54) is 6.26 Å². The summed E-state index contributed by atoms with van der Waals surface area (Å²) in [5.41, 5.74) is 4.52. The Balaban J connectivity index is 2.07. The number of amides is 2. The smallest absolute Gasteiger partial charge is 0.305 e. The van der Waals surface area contributed by atoms with Gasteiger partial charge in [-0.15, -0.1) is 4.36 Å². The number of anilines is 1. The Morgan fingerprint density at radius 3 is 1.95 bits per heavy atom. The number of nitrogens with one attached hydrogen (secondary N) is 1. The minimum absolute atomic E-state index is 0.0189. The molecule has 0 aromatic heterocycles. The number of urea groups is 1. The van der Waals surface area contributed by atoms with Gasteiger partial charge in [-0.05, 0) is 78.5 Å². The highest BCUT2D eigenvalue weighted by atomic mass is 32.2. The van der Waals surface area contributed by atoms with Crippen LogP contribution in [0.15, 0.2) is 74.8 Å². The summed E-state index contributed by atoms with van der Waals surface area (Å²) in [4.78, 5) is 15.6. The molecule has 3 N–H and O–H groups in total. The van der Waals surface area contributed by atoms with Gasteiger partial charge in [0.15, 0.2) is 9.84 Å². The predicted molar refractivity (Wildman–Crippen MR) is 159 cm³/mol. The number of nitrogens with zero attached hydrogens (tertiary/aromatic N) is 2. The molecule has 0 spiro atoms. The second kappa shape index (κ2) is 12.0. The second-order valence-corrected chi connectivity index (χ2v) is 14.4. The van der Waals surface area contributed by atoms with Crippen molar-refractivity contribution in [3.63, 3.8) is 0 Å². The molecule has 2 amide bonds. The minimum Gasteiger partial charge on any atom is -0.305 e. The number of hydrogen-bond donors (Lipinski definition) is 2. The predicted octanol–water partition coefficient (Wildman–Crippen LogP) is 6.00. The van der Waals surface area contributed by atoms with E-state index in [0.29, 0.717) is 17.8 Å². The normalized spacial score (nSPS) is 13.5. The topological polar surface area (TPSA) is 122 Å². The first-order valence-corrected chi connectivity index (χ1v) is 16.1. The maximum Gasteiger partial charge on any atom is 0.354 e. The fourth-order valence-electron chi connectivity index (χ4n) is 4.39. The molecule has 0 saturated carbocycles. The molecule has 1 atom stereocenters. The van der Waals surface area contributed by atoms with Crippen molar-refractivity contribution in [1.29, 1.82) is 0 Å². The highest BCUT2D eigenvalue weighted by Crippen LogP contribution is 2.39. The summed E-state index contributed by atoms with van der Waals surface area (Å²) in [7, 11) is -3.04. The maximum atomic E-state index is 13.2. The van der Waals surface area contributed by atoms with E-state index >= 15 is 0 Å². The molecule has 0 heterocycles. The van der Waals surface area contributed by atoms with Gasteiger partial charge in [0.25, 0.3) is 0 Å². The number of carbonyl (C=O) groups is 1. The summed E-state index contributed by atoms with van der Waals surface area (Å²) in [6.07, 6.45) is 1.19. The second-order valence-electron chi connectivity index (χ2n) is 10.6. The van der Waals surface area contributed by atoms with Gasteiger partial charge >= 0.3 is 6.03 Å². The van der Waals surface area contributed by atoms with Crippen LogP contribution >= 0.6 is 0 Å². The Bertz CT molecular complexity index is 1560. The Labute approximate surface area is 232 Å². The quantitative estimate of drug-likeness (QED) is 0.344. The van der Waals surface area contributed by atoms with Crippen LogP contribution in [0.25, 0.3) is 11.1 Å². The Hall–Kier alpha value is -3.05. The summed E-state index contributed by atoms with van der Waals surface area (Å²) < 4.78 is 42.0. The van der Waals surface area contributed by atoms with Crippen molar-refractivity contribution in [2.24, 2.45) is 9.50 Å². The number of nitrogens with two attached hydrogens (primary N) is 1. The van der Waals surface area contributed by atoms with E-state index in [1.54, 1.807) is 36.4 Å². The molecular formula is C29H38N4O4S2. The van der Waals surface area contributed by atoms with E-state index in [0.717, 1.165) is 22.3 Å². The average molecular weight is 571 g/mol. The standard InChI is InChI=1S/C29H38N4O4S2/c1-19(2)25-16-22(24-10-8-9-11-27(24)38(7,35)36)17-26(20(3)4)28(25)31-29(34)32-39(30,37)23-14-12-21(13-15-23)18-33(5)6/h8-17,19-20H,18H2,1-7H3,(H3,30,31,32,34,37). The highest BCUT2D eigenvalue weighted by molar-refractivity contribution is 7.91. The van der Waals surface area contributed by atoms with Crippen molar-refractivity contribution in [3.05, 3.63) is 77.4 Å². The minimum atomic E-state index is -3.48. The van der Waals surface area contributed by atoms with Gasteiger partial charge in [0.2, 0.25) is 0 Å². The first-order valence-electron chi connectivity index (χ1n) is 12.7. The monoisotopic (exact) mass is 570 g/mol. The van der Waals surface area contributed by atoms with Crippen LogP contribution in [0.2, 0.25) is 0 Å². The molecule has 1 unspecified atom stereocenters. The van der Waals surface area contributed by atoms with Crippen LogP contribution in [0.3, 0.4) is 0 Å². The molecule has 0 aliphatic rings. The lowest BCUT2D eigenvalue weighted by Crippen LogP contribution is -2.19. The SMILES string of the molecule is CC(C)c1cc(-c2ccccc2S(C)(=O)=O)cc(C(C)C)c1NC(=O)N=S(N)(=O)c1ccc(CN(C)C)cc1. The third kappa shape index (κ3) is 7.54. The van der Waals surface area contributed by atoms with Crippen molar-refractivity contribution in [3.8, 4) is 11.1 Å². The van der Waals surface area contributed by atoms with Gasteiger partial charge in [0.1, 0.15) is 9.92 Å². The van der Waals surface area contributed by atoms with E-state index in [-0.39, 0.29) is 21.6 Å². The van der Waals surface area contributed by atoms with Gasteiger partial charge in [-0.2, -0.15) is 0 Å². The van der Waals surface area contributed by atoms with Crippen molar-refractivity contribution in [2.45, 2.75) is 55.9 Å². The number of benzene rings is 3. The van der Waals surface area contributed by atoms with Gasteiger partial charge < -0.3 is 10.2 Å². The lowest BCUT2D eigenvalue weighted by molar-refractivity contribution is 0.260. The van der Waals surface area contributed by atoms with Crippen molar-refractivity contribution in [2.75, 3.05) is 25.7 Å². The van der Waals surface area contributed by atoms with E-state index < -0.39 is 25.8 Å². The summed E-state index contributed by atoms with van der Waals surface area (Å²) in [5.74, 6) is -0.0377. The molecule has 0 fully saturated rings. The molecule has 8 nitrogen and oxygen atoms in total. The Morgan fingerprint density at radius 2 is 1.46 bits per heavy atom. The van der Waals surface area contributed by atoms with Crippen LogP contribution in [-0.2, 0) is 26.3 Å². The number of carbonyl (C=O) groups excluding carboxylic acids is 1. The zero-order chi connectivity index (χ0) is 29.1. The Kier molecular flexibility index (Phi) is 9.38. The lowest BCUT2D eigenvalue weighted by Gasteiger charge is -2.22. The highest BCUT2D eigenvalue weighted by Gasteiger charge is 2.22. The van der Waals surface area contributed by atoms with Gasteiger partial charge in [-0.3, -0.25) is 0 Å². The third-order valence-corrected chi connectivity index (χ3v) is 8.79. The van der Waals surface area contributed by atoms with Crippen LogP contribution in [0.1, 0.15) is 56.2 Å². The summed E-state index contributed by atoms with van der Waals surface area (Å²) in [5, 5.41) is 8.87. The van der Waals surface area contributed by atoms with Crippen LogP contribution in [0.4, 0.5) is 10.5 Å². The van der Waals surface area contributed by atoms with Gasteiger partial charge in [-0.1, -0.05) is 58.0 Å². The van der Waals surface area contributed by atoms with Crippen LogP contribution in [0, 0.1) is 0 Å². The number of sulfone groups is 1. The summed E-state index contributed by atoms with van der Waals surface area (Å²) in [6.45, 7) is 8.66. The van der Waals surface area contributed by atoms with E-state index in [1.807, 2.05) is 71.0 Å². The van der Waals surface area contributed by atoms with Crippen LogP contribution in [0.5, 0.6) is 0 Å². The molecular weight excluding hydrogens is 532 g/mol. The Morgan fingerprint density at radius 1 is 0.923 bits per heavy atom. The zero-order valence-corrected chi connectivity index (χ0v) is 25.2. The molecule has 0 aliphatic carbocycles. The molecule has 0 saturated heterocycles. The fraction of sp³-hybridized carbons (Fsp3) is 0.345. The molecule has 0 aliphatic heterocycles. The first-order chi connectivity index (χ1) is 18.1.